The largest absolute Gasteiger partial charge is 0.481 e. The number of likely N-dealkylation sites (N-methyl/N-ethyl adjacent to an activating group) is 1. The normalized spacial score (nSPS) is 20.7. The van der Waals surface area contributed by atoms with Crippen molar-refractivity contribution >= 4 is 17.6 Å². The molecule has 18 heavy (non-hydrogen) atoms. The van der Waals surface area contributed by atoms with Gasteiger partial charge < -0.3 is 14.9 Å². The van der Waals surface area contributed by atoms with Crippen LogP contribution in [0.1, 0.15) is 0 Å². The number of carboxylic acids is 1. The number of benzene rings is 1. The van der Waals surface area contributed by atoms with E-state index < -0.39 is 11.9 Å². The lowest BCUT2D eigenvalue weighted by atomic mass is 10.1. The van der Waals surface area contributed by atoms with E-state index in [0.29, 0.717) is 6.54 Å². The van der Waals surface area contributed by atoms with E-state index in [4.69, 9.17) is 5.11 Å². The van der Waals surface area contributed by atoms with Gasteiger partial charge in [-0.05, 0) is 12.1 Å². The monoisotopic (exact) mass is 248 g/mol. The summed E-state index contributed by atoms with van der Waals surface area (Å²) in [6.45, 7) is 0.844. The highest BCUT2D eigenvalue weighted by Crippen LogP contribution is 2.18. The molecule has 1 saturated heterocycles. The molecule has 0 bridgehead atoms. The number of hydrogen-bond donors (Lipinski definition) is 1. The Bertz CT molecular complexity index is 447. The predicted molar refractivity (Wildman–Crippen MR) is 67.4 cm³/mol. The highest BCUT2D eigenvalue weighted by atomic mass is 16.4. The molecule has 1 aliphatic rings. The second-order valence-electron chi connectivity index (χ2n) is 4.53. The summed E-state index contributed by atoms with van der Waals surface area (Å²) in [6, 6.07) is 9.42. The second kappa shape index (κ2) is 5.08. The molecule has 0 spiro atoms. The fraction of sp³-hybridized carbons (Fsp3) is 0.385. The highest BCUT2D eigenvalue weighted by molar-refractivity contribution is 5.83. The first-order valence-corrected chi connectivity index (χ1v) is 5.84. The van der Waals surface area contributed by atoms with Crippen LogP contribution in [-0.2, 0) is 9.59 Å². The van der Waals surface area contributed by atoms with Gasteiger partial charge in [0.15, 0.2) is 0 Å². The molecule has 0 aromatic heterocycles. The molecule has 0 radical (unpaired) electrons. The lowest BCUT2D eigenvalue weighted by Crippen LogP contribution is -2.34. The van der Waals surface area contributed by atoms with Crippen LogP contribution in [0.25, 0.3) is 0 Å². The number of carboxylic acid groups (broad SMARTS) is 1. The Hall–Kier alpha value is -2.04. The van der Waals surface area contributed by atoms with Crippen molar-refractivity contribution in [3.63, 3.8) is 0 Å². The lowest BCUT2D eigenvalue weighted by molar-refractivity contribution is -0.142. The molecule has 5 heteroatoms. The molecular formula is C13H16N2O3. The molecule has 96 valence electrons. The van der Waals surface area contributed by atoms with Crippen molar-refractivity contribution in [1.82, 2.24) is 4.90 Å². The number of hydrogen-bond acceptors (Lipinski definition) is 3. The third kappa shape index (κ3) is 2.61. The summed E-state index contributed by atoms with van der Waals surface area (Å²) in [4.78, 5) is 26.3. The van der Waals surface area contributed by atoms with E-state index in [0.717, 1.165) is 5.69 Å². The number of nitrogens with zero attached hydrogens (tertiary/aromatic N) is 2. The minimum atomic E-state index is -0.863. The molecule has 1 heterocycles. The maximum atomic E-state index is 11.9. The van der Waals surface area contributed by atoms with Gasteiger partial charge in [-0.3, -0.25) is 9.59 Å². The predicted octanol–water partition coefficient (Wildman–Crippen LogP) is 0.666. The van der Waals surface area contributed by atoms with Gasteiger partial charge in [0.2, 0.25) is 5.91 Å². The molecule has 1 amide bonds. The number of anilines is 1. The molecule has 5 nitrogen and oxygen atoms in total. The molecule has 1 unspecified atom stereocenters. The first-order valence-electron chi connectivity index (χ1n) is 5.84. The van der Waals surface area contributed by atoms with Crippen molar-refractivity contribution in [1.29, 1.82) is 0 Å². The SMILES string of the molecule is CN1CC(C(=O)O)CN(c2ccccc2)CC1=O. The third-order valence-corrected chi connectivity index (χ3v) is 3.16. The first kappa shape index (κ1) is 12.4. The standard InChI is InChI=1S/C13H16N2O3/c1-14-7-10(13(17)18)8-15(9-12(14)16)11-5-3-2-4-6-11/h2-6,10H,7-9H2,1H3,(H,17,18). The maximum Gasteiger partial charge on any atom is 0.310 e. The Morgan fingerprint density at radius 3 is 2.56 bits per heavy atom. The van der Waals surface area contributed by atoms with Gasteiger partial charge in [-0.1, -0.05) is 18.2 Å². The van der Waals surface area contributed by atoms with Crippen LogP contribution in [0.3, 0.4) is 0 Å². The molecule has 1 aromatic rings. The Kier molecular flexibility index (Phi) is 3.50. The molecule has 1 N–H and O–H groups in total. The second-order valence-corrected chi connectivity index (χ2v) is 4.53. The fourth-order valence-electron chi connectivity index (χ4n) is 2.10. The van der Waals surface area contributed by atoms with Crippen LogP contribution in [0, 0.1) is 5.92 Å². The van der Waals surface area contributed by atoms with E-state index in [1.54, 1.807) is 7.05 Å². The average molecular weight is 248 g/mol. The Morgan fingerprint density at radius 2 is 1.94 bits per heavy atom. The first-order chi connectivity index (χ1) is 8.58. The highest BCUT2D eigenvalue weighted by Gasteiger charge is 2.29. The number of para-hydroxylation sites is 1. The van der Waals surface area contributed by atoms with E-state index in [1.807, 2.05) is 35.2 Å². The number of aliphatic carboxylic acids is 1. The minimum Gasteiger partial charge on any atom is -0.481 e. The van der Waals surface area contributed by atoms with E-state index >= 15 is 0 Å². The van der Waals surface area contributed by atoms with E-state index in [2.05, 4.69) is 0 Å². The molecule has 2 rings (SSSR count). The third-order valence-electron chi connectivity index (χ3n) is 3.16. The van der Waals surface area contributed by atoms with Crippen molar-refractivity contribution in [2.24, 2.45) is 5.92 Å². The van der Waals surface area contributed by atoms with Crippen LogP contribution < -0.4 is 4.90 Å². The Balaban J connectivity index is 2.24. The van der Waals surface area contributed by atoms with Gasteiger partial charge in [0.1, 0.15) is 0 Å². The maximum absolute atomic E-state index is 11.9. The molecule has 0 aliphatic carbocycles. The molecule has 1 fully saturated rings. The fourth-order valence-corrected chi connectivity index (χ4v) is 2.10. The van der Waals surface area contributed by atoms with Crippen LogP contribution >= 0.6 is 0 Å². The average Bonchev–Trinajstić information content (AvgIpc) is 2.51. The smallest absolute Gasteiger partial charge is 0.310 e. The van der Waals surface area contributed by atoms with Crippen molar-refractivity contribution in [3.8, 4) is 0 Å². The summed E-state index contributed by atoms with van der Waals surface area (Å²) in [5.41, 5.74) is 0.882. The zero-order chi connectivity index (χ0) is 13.1. The van der Waals surface area contributed by atoms with Crippen LogP contribution in [0.2, 0.25) is 0 Å². The number of carbonyl (C=O) groups is 2. The molecule has 0 saturated carbocycles. The van der Waals surface area contributed by atoms with Crippen molar-refractivity contribution in [2.45, 2.75) is 0 Å². The number of amides is 1. The lowest BCUT2D eigenvalue weighted by Gasteiger charge is -2.23. The Morgan fingerprint density at radius 1 is 1.28 bits per heavy atom. The van der Waals surface area contributed by atoms with Gasteiger partial charge in [0, 0.05) is 25.8 Å². The van der Waals surface area contributed by atoms with E-state index in [-0.39, 0.29) is 19.0 Å². The van der Waals surface area contributed by atoms with Gasteiger partial charge in [0.05, 0.1) is 12.5 Å². The summed E-state index contributed by atoms with van der Waals surface area (Å²) in [6.07, 6.45) is 0. The van der Waals surface area contributed by atoms with Gasteiger partial charge in [-0.15, -0.1) is 0 Å². The van der Waals surface area contributed by atoms with E-state index in [9.17, 15) is 9.59 Å². The van der Waals surface area contributed by atoms with Crippen LogP contribution in [0.15, 0.2) is 30.3 Å². The molecular weight excluding hydrogens is 232 g/mol. The van der Waals surface area contributed by atoms with Gasteiger partial charge in [-0.2, -0.15) is 0 Å². The van der Waals surface area contributed by atoms with Gasteiger partial charge in [-0.25, -0.2) is 0 Å². The Labute approximate surface area is 106 Å². The quantitative estimate of drug-likeness (QED) is 0.835. The van der Waals surface area contributed by atoms with E-state index in [1.165, 1.54) is 4.90 Å². The van der Waals surface area contributed by atoms with Crippen molar-refractivity contribution < 1.29 is 14.7 Å². The summed E-state index contributed by atoms with van der Waals surface area (Å²) < 4.78 is 0. The van der Waals surface area contributed by atoms with Crippen LogP contribution in [0.5, 0.6) is 0 Å². The topological polar surface area (TPSA) is 60.9 Å². The van der Waals surface area contributed by atoms with Gasteiger partial charge in [0.25, 0.3) is 0 Å². The summed E-state index contributed by atoms with van der Waals surface area (Å²) >= 11 is 0. The van der Waals surface area contributed by atoms with Gasteiger partial charge >= 0.3 is 5.97 Å². The molecule has 1 aromatic carbocycles. The summed E-state index contributed by atoms with van der Waals surface area (Å²) in [7, 11) is 1.65. The number of rotatable bonds is 2. The minimum absolute atomic E-state index is 0.0531. The summed E-state index contributed by atoms with van der Waals surface area (Å²) in [5.74, 6) is -1.47. The van der Waals surface area contributed by atoms with Crippen molar-refractivity contribution in [2.75, 3.05) is 31.6 Å². The van der Waals surface area contributed by atoms with Crippen LogP contribution in [0.4, 0.5) is 5.69 Å². The zero-order valence-corrected chi connectivity index (χ0v) is 10.2. The summed E-state index contributed by atoms with van der Waals surface area (Å²) in [5, 5.41) is 9.17. The molecule has 1 aliphatic heterocycles. The zero-order valence-electron chi connectivity index (χ0n) is 10.2. The van der Waals surface area contributed by atoms with Crippen molar-refractivity contribution in [3.05, 3.63) is 30.3 Å². The number of carbonyl (C=O) groups excluding carboxylic acids is 1. The van der Waals surface area contributed by atoms with Crippen LogP contribution in [-0.4, -0.2) is 48.6 Å². The molecule has 1 atom stereocenters.